The van der Waals surface area contributed by atoms with Gasteiger partial charge in [-0.25, -0.2) is 0 Å². The molecular weight excluding hydrogens is 190 g/mol. The number of ether oxygens (including phenoxy) is 1. The molecule has 0 aromatic rings. The first-order chi connectivity index (χ1) is 7.14. The summed E-state index contributed by atoms with van der Waals surface area (Å²) in [6, 6.07) is 0.650. The number of unbranched alkanes of at least 4 members (excludes halogenated alkanes) is 2. The number of hydrogen-bond donors (Lipinski definition) is 2. The Balaban J connectivity index is 1.95. The molecule has 0 heterocycles. The van der Waals surface area contributed by atoms with Gasteiger partial charge in [-0.3, -0.25) is 0 Å². The Morgan fingerprint density at radius 1 is 1.40 bits per heavy atom. The number of hydrogen-bond acceptors (Lipinski definition) is 3. The average Bonchev–Trinajstić information content (AvgIpc) is 2.98. The summed E-state index contributed by atoms with van der Waals surface area (Å²) in [5.41, 5.74) is -0.713. The van der Waals surface area contributed by atoms with E-state index in [9.17, 15) is 5.11 Å². The van der Waals surface area contributed by atoms with Crippen LogP contribution in [0.2, 0.25) is 0 Å². The summed E-state index contributed by atoms with van der Waals surface area (Å²) in [6.07, 6.45) is 6.04. The molecule has 1 aliphatic carbocycles. The van der Waals surface area contributed by atoms with Gasteiger partial charge in [0.1, 0.15) is 0 Å². The van der Waals surface area contributed by atoms with Gasteiger partial charge in [-0.15, -0.1) is 0 Å². The Bertz CT molecular complexity index is 167. The van der Waals surface area contributed by atoms with Crippen molar-refractivity contribution in [2.75, 3.05) is 19.8 Å². The molecular formula is C12H25NO2. The molecule has 1 aliphatic rings. The van der Waals surface area contributed by atoms with E-state index >= 15 is 0 Å². The van der Waals surface area contributed by atoms with Crippen molar-refractivity contribution in [3.63, 3.8) is 0 Å². The number of aliphatic hydroxyl groups is 1. The molecule has 3 nitrogen and oxygen atoms in total. The van der Waals surface area contributed by atoms with Crippen LogP contribution in [0.25, 0.3) is 0 Å². The molecule has 1 fully saturated rings. The highest BCUT2D eigenvalue weighted by Crippen LogP contribution is 2.19. The third-order valence-electron chi connectivity index (χ3n) is 2.65. The SMILES string of the molecule is CCCCCOCC(C)(O)CNC1CC1. The first kappa shape index (κ1) is 12.9. The van der Waals surface area contributed by atoms with Gasteiger partial charge in [-0.2, -0.15) is 0 Å². The van der Waals surface area contributed by atoms with Crippen molar-refractivity contribution in [3.8, 4) is 0 Å². The fourth-order valence-corrected chi connectivity index (χ4v) is 1.45. The maximum absolute atomic E-state index is 9.96. The van der Waals surface area contributed by atoms with Crippen LogP contribution >= 0.6 is 0 Å². The van der Waals surface area contributed by atoms with E-state index < -0.39 is 5.60 Å². The Hall–Kier alpha value is -0.120. The molecule has 1 atom stereocenters. The summed E-state index contributed by atoms with van der Waals surface area (Å²) in [6.45, 7) is 5.87. The normalized spacial score (nSPS) is 20.2. The van der Waals surface area contributed by atoms with Gasteiger partial charge >= 0.3 is 0 Å². The minimum Gasteiger partial charge on any atom is -0.386 e. The van der Waals surface area contributed by atoms with Gasteiger partial charge in [0.15, 0.2) is 0 Å². The van der Waals surface area contributed by atoms with E-state index in [-0.39, 0.29) is 0 Å². The molecule has 1 rings (SSSR count). The Labute approximate surface area is 93.2 Å². The first-order valence-electron chi connectivity index (χ1n) is 6.17. The van der Waals surface area contributed by atoms with Crippen LogP contribution in [0.15, 0.2) is 0 Å². The molecule has 1 unspecified atom stereocenters. The molecule has 15 heavy (non-hydrogen) atoms. The molecule has 0 aliphatic heterocycles. The number of nitrogens with one attached hydrogen (secondary N) is 1. The Morgan fingerprint density at radius 2 is 2.13 bits per heavy atom. The van der Waals surface area contributed by atoms with E-state index in [0.29, 0.717) is 19.2 Å². The molecule has 0 spiro atoms. The van der Waals surface area contributed by atoms with Gasteiger partial charge in [0.05, 0.1) is 12.2 Å². The molecule has 3 heteroatoms. The van der Waals surface area contributed by atoms with E-state index in [2.05, 4.69) is 12.2 Å². The monoisotopic (exact) mass is 215 g/mol. The summed E-state index contributed by atoms with van der Waals surface area (Å²) in [7, 11) is 0. The smallest absolute Gasteiger partial charge is 0.0975 e. The largest absolute Gasteiger partial charge is 0.386 e. The molecule has 0 aromatic carbocycles. The lowest BCUT2D eigenvalue weighted by molar-refractivity contribution is -0.0332. The van der Waals surface area contributed by atoms with Gasteiger partial charge in [0.25, 0.3) is 0 Å². The van der Waals surface area contributed by atoms with Crippen molar-refractivity contribution in [1.82, 2.24) is 5.32 Å². The second kappa shape index (κ2) is 6.46. The predicted molar refractivity (Wildman–Crippen MR) is 62.0 cm³/mol. The van der Waals surface area contributed by atoms with Gasteiger partial charge in [-0.05, 0) is 26.2 Å². The molecule has 2 N–H and O–H groups in total. The maximum atomic E-state index is 9.96. The quantitative estimate of drug-likeness (QED) is 0.575. The number of rotatable bonds is 9. The third kappa shape index (κ3) is 6.88. The minimum absolute atomic E-state index is 0.441. The highest BCUT2D eigenvalue weighted by atomic mass is 16.5. The van der Waals surface area contributed by atoms with Crippen LogP contribution in [0.3, 0.4) is 0 Å². The summed E-state index contributed by atoms with van der Waals surface area (Å²) in [4.78, 5) is 0. The molecule has 0 aromatic heterocycles. The topological polar surface area (TPSA) is 41.5 Å². The molecule has 0 saturated heterocycles. The third-order valence-corrected chi connectivity index (χ3v) is 2.65. The van der Waals surface area contributed by atoms with Crippen LogP contribution in [-0.2, 0) is 4.74 Å². The van der Waals surface area contributed by atoms with E-state index in [1.165, 1.54) is 25.7 Å². The first-order valence-corrected chi connectivity index (χ1v) is 6.17. The van der Waals surface area contributed by atoms with Crippen LogP contribution < -0.4 is 5.32 Å². The van der Waals surface area contributed by atoms with Crippen molar-refractivity contribution in [2.24, 2.45) is 0 Å². The Morgan fingerprint density at radius 3 is 2.73 bits per heavy atom. The summed E-state index contributed by atoms with van der Waals surface area (Å²) >= 11 is 0. The van der Waals surface area contributed by atoms with Gasteiger partial charge in [0.2, 0.25) is 0 Å². The lowest BCUT2D eigenvalue weighted by Gasteiger charge is -2.23. The van der Waals surface area contributed by atoms with Gasteiger partial charge in [-0.1, -0.05) is 19.8 Å². The lowest BCUT2D eigenvalue weighted by Crippen LogP contribution is -2.42. The van der Waals surface area contributed by atoms with Crippen LogP contribution in [0.4, 0.5) is 0 Å². The van der Waals surface area contributed by atoms with Crippen LogP contribution in [0.1, 0.15) is 46.0 Å². The van der Waals surface area contributed by atoms with Crippen LogP contribution in [0.5, 0.6) is 0 Å². The summed E-state index contributed by atoms with van der Waals surface area (Å²) in [5, 5.41) is 13.3. The van der Waals surface area contributed by atoms with Crippen molar-refractivity contribution >= 4 is 0 Å². The van der Waals surface area contributed by atoms with Gasteiger partial charge < -0.3 is 15.2 Å². The van der Waals surface area contributed by atoms with E-state index in [4.69, 9.17) is 4.74 Å². The zero-order chi connectivity index (χ0) is 11.1. The molecule has 90 valence electrons. The second-order valence-corrected chi connectivity index (χ2v) is 4.91. The van der Waals surface area contributed by atoms with Gasteiger partial charge in [0, 0.05) is 19.2 Å². The highest BCUT2D eigenvalue weighted by Gasteiger charge is 2.26. The zero-order valence-corrected chi connectivity index (χ0v) is 10.1. The minimum atomic E-state index is -0.713. The highest BCUT2D eigenvalue weighted by molar-refractivity contribution is 4.85. The van der Waals surface area contributed by atoms with E-state index in [0.717, 1.165) is 13.0 Å². The second-order valence-electron chi connectivity index (χ2n) is 4.91. The van der Waals surface area contributed by atoms with E-state index in [1.807, 2.05) is 6.92 Å². The fraction of sp³-hybridized carbons (Fsp3) is 1.00. The molecule has 0 radical (unpaired) electrons. The van der Waals surface area contributed by atoms with Crippen molar-refractivity contribution in [3.05, 3.63) is 0 Å². The molecule has 0 amide bonds. The molecule has 0 bridgehead atoms. The molecule has 1 saturated carbocycles. The van der Waals surface area contributed by atoms with Crippen molar-refractivity contribution in [2.45, 2.75) is 57.6 Å². The van der Waals surface area contributed by atoms with Crippen molar-refractivity contribution < 1.29 is 9.84 Å². The van der Waals surface area contributed by atoms with E-state index in [1.54, 1.807) is 0 Å². The summed E-state index contributed by atoms with van der Waals surface area (Å²) in [5.74, 6) is 0. The maximum Gasteiger partial charge on any atom is 0.0975 e. The Kier molecular flexibility index (Phi) is 5.58. The van der Waals surface area contributed by atoms with Crippen LogP contribution in [-0.4, -0.2) is 36.5 Å². The predicted octanol–water partition coefficient (Wildman–Crippen LogP) is 1.70. The fourth-order valence-electron chi connectivity index (χ4n) is 1.45. The zero-order valence-electron chi connectivity index (χ0n) is 10.1. The standard InChI is InChI=1S/C12H25NO2/c1-3-4-5-8-15-10-12(2,14)9-13-11-6-7-11/h11,13-14H,3-10H2,1-2H3. The average molecular weight is 215 g/mol. The van der Waals surface area contributed by atoms with Crippen LogP contribution in [0, 0.1) is 0 Å². The lowest BCUT2D eigenvalue weighted by atomic mass is 10.1. The van der Waals surface area contributed by atoms with Crippen molar-refractivity contribution in [1.29, 1.82) is 0 Å². The summed E-state index contributed by atoms with van der Waals surface area (Å²) < 4.78 is 5.46.